The van der Waals surface area contributed by atoms with Crippen molar-refractivity contribution in [3.8, 4) is 0 Å². The molecular weight excluding hydrogens is 262 g/mol. The molecule has 1 aliphatic heterocycles. The number of ketones is 1. The van der Waals surface area contributed by atoms with Crippen LogP contribution in [0.4, 0.5) is 0 Å². The van der Waals surface area contributed by atoms with E-state index in [2.05, 4.69) is 0 Å². The van der Waals surface area contributed by atoms with E-state index in [4.69, 9.17) is 0 Å². The summed E-state index contributed by atoms with van der Waals surface area (Å²) in [6, 6.07) is 7.89. The zero-order valence-corrected chi connectivity index (χ0v) is 12.5. The van der Waals surface area contributed by atoms with Crippen LogP contribution in [0, 0.1) is 5.92 Å². The molecule has 0 bridgehead atoms. The van der Waals surface area contributed by atoms with E-state index in [1.165, 1.54) is 12.0 Å². The summed E-state index contributed by atoms with van der Waals surface area (Å²) in [6.45, 7) is 1.81. The number of fused-ring (bicyclic) bond motifs is 1. The summed E-state index contributed by atoms with van der Waals surface area (Å²) < 4.78 is 0. The van der Waals surface area contributed by atoms with Gasteiger partial charge in [0.1, 0.15) is 0 Å². The molecule has 1 heterocycles. The van der Waals surface area contributed by atoms with E-state index in [1.54, 1.807) is 0 Å². The van der Waals surface area contributed by atoms with Gasteiger partial charge in [-0.1, -0.05) is 24.3 Å². The molecule has 0 saturated carbocycles. The maximum atomic E-state index is 12.5. The van der Waals surface area contributed by atoms with Gasteiger partial charge < -0.3 is 4.90 Å². The molecule has 0 aromatic heterocycles. The van der Waals surface area contributed by atoms with Gasteiger partial charge in [-0.15, -0.1) is 0 Å². The Morgan fingerprint density at radius 1 is 1.14 bits per heavy atom. The second kappa shape index (κ2) is 6.42. The van der Waals surface area contributed by atoms with E-state index in [1.807, 2.05) is 29.2 Å². The van der Waals surface area contributed by atoms with Crippen molar-refractivity contribution in [3.63, 3.8) is 0 Å². The van der Waals surface area contributed by atoms with Crippen molar-refractivity contribution in [1.82, 2.24) is 4.90 Å². The minimum atomic E-state index is 0.0358. The molecule has 1 saturated heterocycles. The van der Waals surface area contributed by atoms with Gasteiger partial charge in [0, 0.05) is 31.0 Å². The Morgan fingerprint density at radius 2 is 1.90 bits per heavy atom. The van der Waals surface area contributed by atoms with E-state index < -0.39 is 0 Å². The lowest BCUT2D eigenvalue weighted by molar-refractivity contribution is -0.132. The Kier molecular flexibility index (Phi) is 4.37. The Labute approximate surface area is 126 Å². The molecule has 1 aliphatic carbocycles. The first kappa shape index (κ1) is 14.3. The van der Waals surface area contributed by atoms with Gasteiger partial charge in [0.25, 0.3) is 0 Å². The second-order valence-corrected chi connectivity index (χ2v) is 6.24. The van der Waals surface area contributed by atoms with Gasteiger partial charge in [-0.05, 0) is 44.1 Å². The average Bonchev–Trinajstić information content (AvgIpc) is 2.55. The van der Waals surface area contributed by atoms with Gasteiger partial charge in [-0.2, -0.15) is 0 Å². The van der Waals surface area contributed by atoms with Crippen molar-refractivity contribution in [2.24, 2.45) is 5.92 Å². The number of carbonyl (C=O) groups excluding carboxylic acids is 2. The predicted octanol–water partition coefficient (Wildman–Crippen LogP) is 3.22. The van der Waals surface area contributed by atoms with E-state index in [-0.39, 0.29) is 17.6 Å². The van der Waals surface area contributed by atoms with Crippen LogP contribution in [-0.4, -0.2) is 29.7 Å². The van der Waals surface area contributed by atoms with Crippen molar-refractivity contribution in [2.45, 2.75) is 44.9 Å². The molecule has 3 nitrogen and oxygen atoms in total. The van der Waals surface area contributed by atoms with Crippen LogP contribution >= 0.6 is 0 Å². The van der Waals surface area contributed by atoms with Gasteiger partial charge in [-0.25, -0.2) is 0 Å². The fraction of sp³-hybridized carbons (Fsp3) is 0.556. The SMILES string of the molecule is O=C1c2ccccc2CCC1CCC(=O)N1CCCCC1. The number of carbonyl (C=O) groups is 2. The maximum absolute atomic E-state index is 12.5. The molecule has 1 aromatic carbocycles. The molecule has 2 aliphatic rings. The van der Waals surface area contributed by atoms with Gasteiger partial charge in [0.15, 0.2) is 5.78 Å². The Morgan fingerprint density at radius 3 is 2.71 bits per heavy atom. The molecule has 0 spiro atoms. The maximum Gasteiger partial charge on any atom is 0.222 e. The fourth-order valence-electron chi connectivity index (χ4n) is 3.53. The molecule has 21 heavy (non-hydrogen) atoms. The van der Waals surface area contributed by atoms with Gasteiger partial charge in [-0.3, -0.25) is 9.59 Å². The molecule has 1 unspecified atom stereocenters. The average molecular weight is 285 g/mol. The summed E-state index contributed by atoms with van der Waals surface area (Å²) in [5, 5.41) is 0. The number of nitrogens with zero attached hydrogens (tertiary/aromatic N) is 1. The summed E-state index contributed by atoms with van der Waals surface area (Å²) in [4.78, 5) is 26.7. The van der Waals surface area contributed by atoms with Crippen LogP contribution in [0.1, 0.15) is 54.4 Å². The number of hydrogen-bond acceptors (Lipinski definition) is 2. The van der Waals surface area contributed by atoms with Crippen LogP contribution in [-0.2, 0) is 11.2 Å². The topological polar surface area (TPSA) is 37.4 Å². The minimum absolute atomic E-state index is 0.0358. The summed E-state index contributed by atoms with van der Waals surface area (Å²) in [5.41, 5.74) is 2.04. The summed E-state index contributed by atoms with van der Waals surface area (Å²) >= 11 is 0. The third-order valence-corrected chi connectivity index (χ3v) is 4.83. The molecule has 1 amide bonds. The molecule has 112 valence electrons. The fourth-order valence-corrected chi connectivity index (χ4v) is 3.53. The van der Waals surface area contributed by atoms with Crippen molar-refractivity contribution < 1.29 is 9.59 Å². The standard InChI is InChI=1S/C18H23NO2/c20-17(19-12-4-1-5-13-19)11-10-15-9-8-14-6-2-3-7-16(14)18(15)21/h2-3,6-7,15H,1,4-5,8-13H2. The van der Waals surface area contributed by atoms with Crippen molar-refractivity contribution >= 4 is 11.7 Å². The number of amides is 1. The lowest BCUT2D eigenvalue weighted by atomic mass is 9.80. The smallest absolute Gasteiger partial charge is 0.222 e. The first-order valence-corrected chi connectivity index (χ1v) is 8.15. The lowest BCUT2D eigenvalue weighted by Crippen LogP contribution is -2.36. The summed E-state index contributed by atoms with van der Waals surface area (Å²) in [6.07, 6.45) is 6.58. The number of Topliss-reactive ketones (excluding diaryl/α,β-unsaturated/α-hetero) is 1. The number of rotatable bonds is 3. The van der Waals surface area contributed by atoms with E-state index >= 15 is 0 Å². The zero-order chi connectivity index (χ0) is 14.7. The minimum Gasteiger partial charge on any atom is -0.343 e. The molecule has 0 N–H and O–H groups in total. The Hall–Kier alpha value is -1.64. The molecule has 3 rings (SSSR count). The van der Waals surface area contributed by atoms with Crippen LogP contribution in [0.2, 0.25) is 0 Å². The van der Waals surface area contributed by atoms with E-state index in [9.17, 15) is 9.59 Å². The van der Waals surface area contributed by atoms with Crippen LogP contribution < -0.4 is 0 Å². The summed E-state index contributed by atoms with van der Waals surface area (Å²) in [5.74, 6) is 0.512. The molecule has 0 radical (unpaired) electrons. The van der Waals surface area contributed by atoms with Gasteiger partial charge in [0.05, 0.1) is 0 Å². The van der Waals surface area contributed by atoms with Crippen molar-refractivity contribution in [2.75, 3.05) is 13.1 Å². The highest BCUT2D eigenvalue weighted by Crippen LogP contribution is 2.28. The Balaban J connectivity index is 1.57. The summed E-state index contributed by atoms with van der Waals surface area (Å²) in [7, 11) is 0. The normalized spacial score (nSPS) is 22.0. The quantitative estimate of drug-likeness (QED) is 0.855. The molecule has 1 aromatic rings. The number of benzene rings is 1. The van der Waals surface area contributed by atoms with Crippen molar-refractivity contribution in [3.05, 3.63) is 35.4 Å². The zero-order valence-electron chi connectivity index (χ0n) is 12.5. The first-order chi connectivity index (χ1) is 10.3. The third kappa shape index (κ3) is 3.17. The number of piperidine rings is 1. The van der Waals surface area contributed by atoms with E-state index in [0.717, 1.165) is 44.3 Å². The van der Waals surface area contributed by atoms with E-state index in [0.29, 0.717) is 12.8 Å². The second-order valence-electron chi connectivity index (χ2n) is 6.24. The van der Waals surface area contributed by atoms with Crippen molar-refractivity contribution in [1.29, 1.82) is 0 Å². The largest absolute Gasteiger partial charge is 0.343 e. The predicted molar refractivity (Wildman–Crippen MR) is 82.2 cm³/mol. The Bertz CT molecular complexity index is 532. The molecular formula is C18H23NO2. The molecule has 3 heteroatoms. The van der Waals surface area contributed by atoms with Crippen LogP contribution in [0.3, 0.4) is 0 Å². The number of hydrogen-bond donors (Lipinski definition) is 0. The first-order valence-electron chi connectivity index (χ1n) is 8.15. The highest BCUT2D eigenvalue weighted by atomic mass is 16.2. The lowest BCUT2D eigenvalue weighted by Gasteiger charge is -2.28. The third-order valence-electron chi connectivity index (χ3n) is 4.83. The number of aryl methyl sites for hydroxylation is 1. The highest BCUT2D eigenvalue weighted by Gasteiger charge is 2.28. The monoisotopic (exact) mass is 285 g/mol. The highest BCUT2D eigenvalue weighted by molar-refractivity contribution is 6.00. The van der Waals surface area contributed by atoms with Crippen LogP contribution in [0.5, 0.6) is 0 Å². The van der Waals surface area contributed by atoms with Crippen LogP contribution in [0.25, 0.3) is 0 Å². The van der Waals surface area contributed by atoms with Crippen LogP contribution in [0.15, 0.2) is 24.3 Å². The van der Waals surface area contributed by atoms with Gasteiger partial charge >= 0.3 is 0 Å². The molecule has 1 fully saturated rings. The number of likely N-dealkylation sites (tertiary alicyclic amines) is 1. The molecule has 1 atom stereocenters. The van der Waals surface area contributed by atoms with Gasteiger partial charge in [0.2, 0.25) is 5.91 Å².